The molecule has 1 atom stereocenters. The molecular weight excluding hydrogens is 257 g/mol. The van der Waals surface area contributed by atoms with Crippen molar-refractivity contribution in [1.29, 1.82) is 0 Å². The zero-order valence-corrected chi connectivity index (χ0v) is 12.1. The first-order valence-electron chi connectivity index (χ1n) is 6.93. The van der Waals surface area contributed by atoms with Crippen LogP contribution in [0.3, 0.4) is 0 Å². The second-order valence-electron chi connectivity index (χ2n) is 5.28. The van der Waals surface area contributed by atoms with Crippen molar-refractivity contribution < 1.29 is 19.5 Å². The van der Waals surface area contributed by atoms with Gasteiger partial charge in [-0.1, -0.05) is 12.1 Å². The van der Waals surface area contributed by atoms with Gasteiger partial charge in [-0.3, -0.25) is 4.90 Å². The van der Waals surface area contributed by atoms with Gasteiger partial charge in [0.15, 0.2) is 0 Å². The third kappa shape index (κ3) is 3.96. The quantitative estimate of drug-likeness (QED) is 0.717. The van der Waals surface area contributed by atoms with Crippen molar-refractivity contribution in [2.24, 2.45) is 0 Å². The Kier molecular flexibility index (Phi) is 5.42. The fourth-order valence-corrected chi connectivity index (χ4v) is 2.60. The SMILES string of the molecule is COc1ccc(CN(C)CC2CCCO2)cc1B(O)O. The Hall–Kier alpha value is -1.08. The molecule has 110 valence electrons. The minimum Gasteiger partial charge on any atom is -0.497 e. The van der Waals surface area contributed by atoms with E-state index in [4.69, 9.17) is 9.47 Å². The van der Waals surface area contributed by atoms with Gasteiger partial charge >= 0.3 is 7.12 Å². The minimum absolute atomic E-state index is 0.321. The van der Waals surface area contributed by atoms with Crippen molar-refractivity contribution >= 4 is 12.6 Å². The summed E-state index contributed by atoms with van der Waals surface area (Å²) in [7, 11) is 2.04. The highest BCUT2D eigenvalue weighted by Crippen LogP contribution is 2.15. The van der Waals surface area contributed by atoms with Gasteiger partial charge in [0.2, 0.25) is 0 Å². The Balaban J connectivity index is 1.99. The first-order chi connectivity index (χ1) is 9.60. The molecule has 5 nitrogen and oxygen atoms in total. The maximum absolute atomic E-state index is 9.37. The molecule has 1 aromatic carbocycles. The molecule has 1 unspecified atom stereocenters. The molecule has 0 saturated carbocycles. The summed E-state index contributed by atoms with van der Waals surface area (Å²) in [5, 5.41) is 18.7. The Morgan fingerprint density at radius 3 is 2.85 bits per heavy atom. The van der Waals surface area contributed by atoms with Gasteiger partial charge in [0, 0.05) is 25.2 Å². The molecule has 1 aromatic rings. The minimum atomic E-state index is -1.52. The highest BCUT2D eigenvalue weighted by atomic mass is 16.5. The zero-order valence-electron chi connectivity index (χ0n) is 12.1. The van der Waals surface area contributed by atoms with Crippen molar-refractivity contribution in [3.63, 3.8) is 0 Å². The van der Waals surface area contributed by atoms with E-state index in [0.717, 1.165) is 38.1 Å². The summed E-state index contributed by atoms with van der Waals surface area (Å²) in [4.78, 5) is 2.19. The monoisotopic (exact) mass is 279 g/mol. The molecule has 1 heterocycles. The van der Waals surface area contributed by atoms with Crippen molar-refractivity contribution in [3.8, 4) is 5.75 Å². The van der Waals surface area contributed by atoms with Crippen LogP contribution in [0, 0.1) is 0 Å². The van der Waals surface area contributed by atoms with Crippen LogP contribution in [0.15, 0.2) is 18.2 Å². The van der Waals surface area contributed by atoms with Crippen LogP contribution >= 0.6 is 0 Å². The van der Waals surface area contributed by atoms with Crippen LogP contribution in [0.5, 0.6) is 5.75 Å². The lowest BCUT2D eigenvalue weighted by atomic mass is 9.78. The smallest absolute Gasteiger partial charge is 0.492 e. The van der Waals surface area contributed by atoms with Crippen molar-refractivity contribution in [3.05, 3.63) is 23.8 Å². The predicted octanol–water partition coefficient (Wildman–Crippen LogP) is -0.0142. The van der Waals surface area contributed by atoms with E-state index < -0.39 is 7.12 Å². The number of methoxy groups -OCH3 is 1. The van der Waals surface area contributed by atoms with E-state index in [-0.39, 0.29) is 0 Å². The highest BCUT2D eigenvalue weighted by Gasteiger charge is 2.19. The van der Waals surface area contributed by atoms with Gasteiger partial charge in [-0.05, 0) is 31.5 Å². The summed E-state index contributed by atoms with van der Waals surface area (Å²) < 4.78 is 10.7. The summed E-state index contributed by atoms with van der Waals surface area (Å²) in [5.41, 5.74) is 1.42. The molecule has 6 heteroatoms. The third-order valence-electron chi connectivity index (χ3n) is 3.56. The second kappa shape index (κ2) is 7.08. The average molecular weight is 279 g/mol. The van der Waals surface area contributed by atoms with Gasteiger partial charge in [-0.2, -0.15) is 0 Å². The van der Waals surface area contributed by atoms with Crippen LogP contribution in [0.2, 0.25) is 0 Å². The number of hydrogen-bond donors (Lipinski definition) is 2. The van der Waals surface area contributed by atoms with Crippen LogP contribution in [0.1, 0.15) is 18.4 Å². The summed E-state index contributed by atoms with van der Waals surface area (Å²) >= 11 is 0. The van der Waals surface area contributed by atoms with E-state index in [1.54, 1.807) is 12.1 Å². The van der Waals surface area contributed by atoms with Crippen LogP contribution in [0.25, 0.3) is 0 Å². The van der Waals surface area contributed by atoms with Crippen molar-refractivity contribution in [1.82, 2.24) is 4.90 Å². The molecule has 20 heavy (non-hydrogen) atoms. The Bertz CT molecular complexity index is 435. The molecule has 0 radical (unpaired) electrons. The molecule has 1 saturated heterocycles. The van der Waals surface area contributed by atoms with Crippen LogP contribution in [-0.2, 0) is 11.3 Å². The van der Waals surface area contributed by atoms with Crippen LogP contribution in [-0.4, -0.2) is 55.5 Å². The van der Waals surface area contributed by atoms with Gasteiger partial charge in [0.25, 0.3) is 0 Å². The van der Waals surface area contributed by atoms with Gasteiger partial charge in [-0.15, -0.1) is 0 Å². The van der Waals surface area contributed by atoms with E-state index in [2.05, 4.69) is 4.90 Å². The summed E-state index contributed by atoms with van der Waals surface area (Å²) in [6.07, 6.45) is 2.58. The number of likely N-dealkylation sites (N-methyl/N-ethyl adjacent to an activating group) is 1. The van der Waals surface area contributed by atoms with E-state index in [1.165, 1.54) is 7.11 Å². The fourth-order valence-electron chi connectivity index (χ4n) is 2.60. The largest absolute Gasteiger partial charge is 0.497 e. The Morgan fingerprint density at radius 2 is 2.25 bits per heavy atom. The van der Waals surface area contributed by atoms with Gasteiger partial charge in [0.1, 0.15) is 5.75 Å². The van der Waals surface area contributed by atoms with E-state index in [1.807, 2.05) is 13.1 Å². The molecule has 1 aliphatic heterocycles. The second-order valence-corrected chi connectivity index (χ2v) is 5.28. The van der Waals surface area contributed by atoms with Gasteiger partial charge in [-0.25, -0.2) is 0 Å². The molecule has 0 aliphatic carbocycles. The summed E-state index contributed by atoms with van der Waals surface area (Å²) in [5.74, 6) is 0.491. The molecule has 0 bridgehead atoms. The summed E-state index contributed by atoms with van der Waals surface area (Å²) in [6.45, 7) is 2.49. The van der Waals surface area contributed by atoms with E-state index in [0.29, 0.717) is 17.3 Å². The number of ether oxygens (including phenoxy) is 2. The zero-order chi connectivity index (χ0) is 14.5. The molecule has 2 rings (SSSR count). The van der Waals surface area contributed by atoms with E-state index >= 15 is 0 Å². The topological polar surface area (TPSA) is 62.2 Å². The number of nitrogens with zero attached hydrogens (tertiary/aromatic N) is 1. The third-order valence-corrected chi connectivity index (χ3v) is 3.56. The maximum atomic E-state index is 9.37. The molecule has 1 fully saturated rings. The molecule has 0 spiro atoms. The molecule has 0 amide bonds. The maximum Gasteiger partial charge on any atom is 0.492 e. The average Bonchev–Trinajstić information content (AvgIpc) is 2.91. The van der Waals surface area contributed by atoms with Crippen molar-refractivity contribution in [2.45, 2.75) is 25.5 Å². The molecule has 0 aromatic heterocycles. The first kappa shape index (κ1) is 15.3. The highest BCUT2D eigenvalue weighted by molar-refractivity contribution is 6.59. The van der Waals surface area contributed by atoms with Gasteiger partial charge < -0.3 is 19.5 Å². The summed E-state index contributed by atoms with van der Waals surface area (Å²) in [6, 6.07) is 5.48. The fraction of sp³-hybridized carbons (Fsp3) is 0.571. The normalized spacial score (nSPS) is 18.6. The standard InChI is InChI=1S/C14H22BNO4/c1-16(10-12-4-3-7-20-12)9-11-5-6-14(19-2)13(8-11)15(17)18/h5-6,8,12,17-18H,3-4,7,9-10H2,1-2H3. The molecular formula is C14H22BNO4. The Morgan fingerprint density at radius 1 is 1.45 bits per heavy atom. The number of hydrogen-bond acceptors (Lipinski definition) is 5. The number of rotatable bonds is 6. The van der Waals surface area contributed by atoms with E-state index in [9.17, 15) is 10.0 Å². The lowest BCUT2D eigenvalue weighted by molar-refractivity contribution is 0.0793. The van der Waals surface area contributed by atoms with Crippen LogP contribution < -0.4 is 10.2 Å². The first-order valence-corrected chi connectivity index (χ1v) is 6.93. The molecule has 1 aliphatic rings. The lowest BCUT2D eigenvalue weighted by Crippen LogP contribution is -2.33. The van der Waals surface area contributed by atoms with Gasteiger partial charge in [0.05, 0.1) is 13.2 Å². The molecule has 2 N–H and O–H groups in total. The predicted molar refractivity (Wildman–Crippen MR) is 78.1 cm³/mol. The Labute approximate surface area is 120 Å². The number of benzene rings is 1. The van der Waals surface area contributed by atoms with Crippen LogP contribution in [0.4, 0.5) is 0 Å². The lowest BCUT2D eigenvalue weighted by Gasteiger charge is -2.21. The van der Waals surface area contributed by atoms with Crippen molar-refractivity contribution in [2.75, 3.05) is 27.3 Å².